The van der Waals surface area contributed by atoms with Crippen molar-refractivity contribution in [3.8, 4) is 0 Å². The third-order valence-corrected chi connectivity index (χ3v) is 1.28. The third-order valence-electron chi connectivity index (χ3n) is 1.28. The van der Waals surface area contributed by atoms with E-state index < -0.39 is 0 Å². The Balaban J connectivity index is -0.000000101. The molecule has 13 heavy (non-hydrogen) atoms. The van der Waals surface area contributed by atoms with Crippen molar-refractivity contribution < 1.29 is 0 Å². The van der Waals surface area contributed by atoms with Crippen molar-refractivity contribution in [2.45, 2.75) is 6.42 Å². The van der Waals surface area contributed by atoms with Crippen molar-refractivity contribution in [2.24, 2.45) is 5.73 Å². The van der Waals surface area contributed by atoms with Gasteiger partial charge in [0.15, 0.2) is 0 Å². The monoisotopic (exact) mass is 578 g/mol. The van der Waals surface area contributed by atoms with Crippen LogP contribution in [0.3, 0.4) is 0 Å². The van der Waals surface area contributed by atoms with Crippen molar-refractivity contribution in [3.63, 3.8) is 0 Å². The summed E-state index contributed by atoms with van der Waals surface area (Å²) in [5.41, 5.74) is 6.68. The molecule has 0 aromatic heterocycles. The fourth-order valence-corrected chi connectivity index (χ4v) is 0.811. The van der Waals surface area contributed by atoms with Gasteiger partial charge in [0.1, 0.15) is 0 Å². The number of benzene rings is 1. The minimum atomic E-state index is 0. The summed E-state index contributed by atoms with van der Waals surface area (Å²) in [6.07, 6.45) is 0.987. The molecule has 69 valence electrons. The molecule has 0 aliphatic rings. The minimum absolute atomic E-state index is 0. The smallest absolute Gasteiger partial charge is 0 e. The summed E-state index contributed by atoms with van der Waals surface area (Å²) >= 11 is 0. The predicted octanol–water partition coefficient (Wildman–Crippen LogP) is 1.43. The SMILES string of the molecule is Br.Cl.NCCc1ccccc1.[Cs].[Pb]. The maximum atomic E-state index is 5.36. The van der Waals surface area contributed by atoms with Gasteiger partial charge in [-0.2, -0.15) is 0 Å². The van der Waals surface area contributed by atoms with Gasteiger partial charge >= 0.3 is 0 Å². The second kappa shape index (κ2) is 17.3. The Kier molecular flexibility index (Phi) is 33.2. The molecule has 0 saturated carbocycles. The van der Waals surface area contributed by atoms with Gasteiger partial charge in [-0.3, -0.25) is 0 Å². The maximum absolute atomic E-state index is 5.36. The predicted molar refractivity (Wildman–Crippen MR) is 68.3 cm³/mol. The normalized spacial score (nSPS) is 6.54. The van der Waals surface area contributed by atoms with E-state index in [-0.39, 0.29) is 126 Å². The van der Waals surface area contributed by atoms with Gasteiger partial charge in [0.2, 0.25) is 0 Å². The fourth-order valence-electron chi connectivity index (χ4n) is 0.811. The van der Waals surface area contributed by atoms with E-state index >= 15 is 0 Å². The molecule has 0 unspecified atom stereocenters. The fraction of sp³-hybridized carbons (Fsp3) is 0.250. The van der Waals surface area contributed by atoms with Crippen LogP contribution in [0.4, 0.5) is 0 Å². The number of hydrogen-bond donors (Lipinski definition) is 1. The van der Waals surface area contributed by atoms with Crippen LogP contribution in [0.2, 0.25) is 0 Å². The molecular formula is C8H13BrClCsNPb. The first-order valence-electron chi connectivity index (χ1n) is 3.17. The summed E-state index contributed by atoms with van der Waals surface area (Å²) in [5.74, 6) is 0. The second-order valence-corrected chi connectivity index (χ2v) is 2.02. The zero-order valence-corrected chi connectivity index (χ0v) is 20.4. The van der Waals surface area contributed by atoms with Gasteiger partial charge in [-0.15, -0.1) is 29.4 Å². The molecule has 0 spiro atoms. The Labute approximate surface area is 176 Å². The molecule has 0 heterocycles. The van der Waals surface area contributed by atoms with Crippen molar-refractivity contribution in [1.82, 2.24) is 0 Å². The van der Waals surface area contributed by atoms with E-state index in [1.165, 1.54) is 5.56 Å². The summed E-state index contributed by atoms with van der Waals surface area (Å²) in [7, 11) is 0. The van der Waals surface area contributed by atoms with Crippen LogP contribution in [0, 0.1) is 0 Å². The van der Waals surface area contributed by atoms with E-state index in [9.17, 15) is 0 Å². The van der Waals surface area contributed by atoms with Crippen molar-refractivity contribution >= 4 is 126 Å². The van der Waals surface area contributed by atoms with E-state index in [4.69, 9.17) is 5.73 Å². The van der Waals surface area contributed by atoms with Gasteiger partial charge in [-0.05, 0) is 18.5 Å². The first-order chi connectivity index (χ1) is 4.43. The molecule has 1 rings (SSSR count). The molecule has 1 aromatic rings. The van der Waals surface area contributed by atoms with Crippen molar-refractivity contribution in [3.05, 3.63) is 35.9 Å². The molecule has 0 fully saturated rings. The zero-order valence-electron chi connectivity index (χ0n) is 7.69. The van der Waals surface area contributed by atoms with E-state index in [1.54, 1.807) is 0 Å². The van der Waals surface area contributed by atoms with Crippen molar-refractivity contribution in [1.29, 1.82) is 0 Å². The van der Waals surface area contributed by atoms with Crippen molar-refractivity contribution in [2.75, 3.05) is 6.54 Å². The number of hydrogen-bond acceptors (Lipinski definition) is 1. The average Bonchev–Trinajstić information content (AvgIpc) is 1.91. The largest absolute Gasteiger partial charge is 0.330 e. The summed E-state index contributed by atoms with van der Waals surface area (Å²) < 4.78 is 0. The number of nitrogens with two attached hydrogens (primary N) is 1. The summed E-state index contributed by atoms with van der Waals surface area (Å²) in [5, 5.41) is 0. The van der Waals surface area contributed by atoms with Crippen LogP contribution in [-0.4, -0.2) is 103 Å². The van der Waals surface area contributed by atoms with Crippen LogP contribution < -0.4 is 5.73 Å². The molecule has 0 amide bonds. The van der Waals surface area contributed by atoms with E-state index in [1.807, 2.05) is 18.2 Å². The minimum Gasteiger partial charge on any atom is -0.330 e. The molecule has 1 aromatic carbocycles. The molecule has 0 saturated heterocycles. The topological polar surface area (TPSA) is 26.0 Å². The Morgan fingerprint density at radius 3 is 1.92 bits per heavy atom. The molecule has 0 bridgehead atoms. The summed E-state index contributed by atoms with van der Waals surface area (Å²) in [4.78, 5) is 0. The van der Waals surface area contributed by atoms with Crippen LogP contribution >= 0.6 is 29.4 Å². The first-order valence-corrected chi connectivity index (χ1v) is 3.17. The standard InChI is InChI=1S/C8H11N.BrH.ClH.Cs.Pb/c9-7-6-8-4-2-1-3-5-8;;;;/h1-5H,6-7,9H2;2*1H;;. The number of rotatable bonds is 2. The number of halogens is 2. The molecule has 5 radical (unpaired) electrons. The Morgan fingerprint density at radius 1 is 1.08 bits per heavy atom. The summed E-state index contributed by atoms with van der Waals surface area (Å²) in [6, 6.07) is 10.3. The van der Waals surface area contributed by atoms with Gasteiger partial charge < -0.3 is 5.73 Å². The van der Waals surface area contributed by atoms with Gasteiger partial charge in [0, 0.05) is 96.2 Å². The average molecular weight is 579 g/mol. The molecular weight excluding hydrogens is 566 g/mol. The zero-order chi connectivity index (χ0) is 6.53. The van der Waals surface area contributed by atoms with E-state index in [0.717, 1.165) is 13.0 Å². The first kappa shape index (κ1) is 24.9. The Hall–Kier alpha value is 2.92. The van der Waals surface area contributed by atoms with Gasteiger partial charge in [-0.25, -0.2) is 0 Å². The molecule has 0 aliphatic carbocycles. The molecule has 0 aliphatic heterocycles. The van der Waals surface area contributed by atoms with Crippen LogP contribution in [0.15, 0.2) is 30.3 Å². The van der Waals surface area contributed by atoms with Gasteiger partial charge in [0.25, 0.3) is 0 Å². The quantitative estimate of drug-likeness (QED) is 0.529. The van der Waals surface area contributed by atoms with E-state index in [2.05, 4.69) is 12.1 Å². The third kappa shape index (κ3) is 12.9. The van der Waals surface area contributed by atoms with Gasteiger partial charge in [0.05, 0.1) is 0 Å². The second-order valence-electron chi connectivity index (χ2n) is 2.02. The maximum Gasteiger partial charge on any atom is 0 e. The summed E-state index contributed by atoms with van der Waals surface area (Å²) in [6.45, 7) is 0.740. The molecule has 1 nitrogen and oxygen atoms in total. The Morgan fingerprint density at radius 2 is 1.54 bits per heavy atom. The van der Waals surface area contributed by atoms with Crippen LogP contribution in [-0.2, 0) is 6.42 Å². The molecule has 0 atom stereocenters. The van der Waals surface area contributed by atoms with E-state index in [0.29, 0.717) is 0 Å². The van der Waals surface area contributed by atoms with Crippen LogP contribution in [0.1, 0.15) is 5.56 Å². The molecule has 5 heteroatoms. The van der Waals surface area contributed by atoms with Crippen LogP contribution in [0.25, 0.3) is 0 Å². The molecule has 2 N–H and O–H groups in total. The van der Waals surface area contributed by atoms with Gasteiger partial charge in [-0.1, -0.05) is 30.3 Å². The Bertz CT molecular complexity index is 177. The van der Waals surface area contributed by atoms with Crippen LogP contribution in [0.5, 0.6) is 0 Å².